The highest BCUT2D eigenvalue weighted by molar-refractivity contribution is 7.99. The minimum Gasteiger partial charge on any atom is -0.477 e. The summed E-state index contributed by atoms with van der Waals surface area (Å²) in [6, 6.07) is 0.896. The number of carboxylic acid groups (broad SMARTS) is 1. The van der Waals surface area contributed by atoms with E-state index < -0.39 is 16.0 Å². The number of nitrogens with one attached hydrogen (secondary N) is 2. The highest BCUT2D eigenvalue weighted by Gasteiger charge is 2.20. The van der Waals surface area contributed by atoms with Gasteiger partial charge in [-0.2, -0.15) is 11.8 Å². The molecule has 0 aliphatic carbocycles. The van der Waals surface area contributed by atoms with Gasteiger partial charge in [-0.05, 0) is 18.7 Å². The Morgan fingerprint density at radius 3 is 2.78 bits per heavy atom. The molecule has 1 aromatic heterocycles. The number of carboxylic acids is 1. The molecule has 0 aromatic carbocycles. The summed E-state index contributed by atoms with van der Waals surface area (Å²) in [6.45, 7) is 3.77. The highest BCUT2D eigenvalue weighted by Crippen LogP contribution is 2.12. The third kappa shape index (κ3) is 4.04. The number of hydrogen-bond donors (Lipinski definition) is 3. The van der Waals surface area contributed by atoms with E-state index in [1.165, 1.54) is 6.20 Å². The Kier molecular flexibility index (Phi) is 5.24. The standard InChI is InChI=1S/C10H16N2O4S2/c1-3-17-6-7(2)12-18(15,16)8-4-9(10(13)14)11-5-8/h4-5,7,11-12H,3,6H2,1-2H3,(H,13,14). The van der Waals surface area contributed by atoms with Gasteiger partial charge in [0.05, 0.1) is 0 Å². The zero-order valence-electron chi connectivity index (χ0n) is 10.1. The van der Waals surface area contributed by atoms with Gasteiger partial charge in [0, 0.05) is 18.0 Å². The van der Waals surface area contributed by atoms with Crippen molar-refractivity contribution in [2.75, 3.05) is 11.5 Å². The maximum absolute atomic E-state index is 11.9. The monoisotopic (exact) mass is 292 g/mol. The van der Waals surface area contributed by atoms with Crippen molar-refractivity contribution in [1.29, 1.82) is 0 Å². The Bertz CT molecular complexity index is 510. The molecule has 0 saturated heterocycles. The van der Waals surface area contributed by atoms with Gasteiger partial charge in [0.2, 0.25) is 10.0 Å². The molecule has 0 aliphatic heterocycles. The summed E-state index contributed by atoms with van der Waals surface area (Å²) in [5.74, 6) is 0.400. The molecule has 1 atom stereocenters. The first-order valence-corrected chi connectivity index (χ1v) is 8.02. The summed E-state index contributed by atoms with van der Waals surface area (Å²) >= 11 is 1.63. The van der Waals surface area contributed by atoms with Crippen LogP contribution in [0.3, 0.4) is 0 Å². The van der Waals surface area contributed by atoms with Crippen LogP contribution in [-0.4, -0.2) is 42.0 Å². The average Bonchev–Trinajstić information content (AvgIpc) is 2.75. The molecule has 1 rings (SSSR count). The van der Waals surface area contributed by atoms with Crippen LogP contribution < -0.4 is 4.72 Å². The summed E-state index contributed by atoms with van der Waals surface area (Å²) < 4.78 is 26.3. The number of thioether (sulfide) groups is 1. The van der Waals surface area contributed by atoms with E-state index in [-0.39, 0.29) is 16.6 Å². The normalized spacial score (nSPS) is 13.4. The van der Waals surface area contributed by atoms with Gasteiger partial charge < -0.3 is 10.1 Å². The second-order valence-corrected chi connectivity index (χ2v) is 6.77. The molecule has 1 unspecified atom stereocenters. The molecule has 1 aromatic rings. The SMILES string of the molecule is CCSCC(C)NS(=O)(=O)c1c[nH]c(C(=O)O)c1. The summed E-state index contributed by atoms with van der Waals surface area (Å²) in [5.41, 5.74) is -0.147. The van der Waals surface area contributed by atoms with Crippen molar-refractivity contribution in [2.24, 2.45) is 0 Å². The van der Waals surface area contributed by atoms with Crippen LogP contribution in [0.1, 0.15) is 24.3 Å². The number of carbonyl (C=O) groups is 1. The largest absolute Gasteiger partial charge is 0.477 e. The molecule has 0 bridgehead atoms. The second-order valence-electron chi connectivity index (χ2n) is 3.74. The molecule has 3 N–H and O–H groups in total. The van der Waals surface area contributed by atoms with E-state index in [1.54, 1.807) is 18.7 Å². The predicted molar refractivity (Wildman–Crippen MR) is 70.5 cm³/mol. The minimum absolute atomic E-state index is 0.0618. The van der Waals surface area contributed by atoms with Crippen LogP contribution in [-0.2, 0) is 10.0 Å². The zero-order valence-corrected chi connectivity index (χ0v) is 11.8. The van der Waals surface area contributed by atoms with Gasteiger partial charge in [-0.25, -0.2) is 17.9 Å². The maximum atomic E-state index is 11.9. The Hall–Kier alpha value is -0.990. The predicted octanol–water partition coefficient (Wildman–Crippen LogP) is 1.13. The lowest BCUT2D eigenvalue weighted by atomic mass is 10.4. The average molecular weight is 292 g/mol. The Morgan fingerprint density at radius 1 is 1.61 bits per heavy atom. The molecular weight excluding hydrogens is 276 g/mol. The number of H-pyrrole nitrogens is 1. The van der Waals surface area contributed by atoms with Crippen molar-refractivity contribution in [2.45, 2.75) is 24.8 Å². The van der Waals surface area contributed by atoms with Crippen molar-refractivity contribution >= 4 is 27.8 Å². The summed E-state index contributed by atoms with van der Waals surface area (Å²) in [4.78, 5) is 13.0. The molecule has 1 heterocycles. The van der Waals surface area contributed by atoms with Gasteiger partial charge in [0.25, 0.3) is 0 Å². The molecule has 102 valence electrons. The van der Waals surface area contributed by atoms with Crippen LogP contribution in [0, 0.1) is 0 Å². The summed E-state index contributed by atoms with van der Waals surface area (Å²) in [5, 5.41) is 8.71. The fourth-order valence-corrected chi connectivity index (χ4v) is 3.33. The summed E-state index contributed by atoms with van der Waals surface area (Å²) in [7, 11) is -3.66. The van der Waals surface area contributed by atoms with Crippen molar-refractivity contribution in [1.82, 2.24) is 9.71 Å². The molecule has 18 heavy (non-hydrogen) atoms. The third-order valence-electron chi connectivity index (χ3n) is 2.13. The van der Waals surface area contributed by atoms with Crippen LogP contribution in [0.15, 0.2) is 17.2 Å². The van der Waals surface area contributed by atoms with E-state index >= 15 is 0 Å². The maximum Gasteiger partial charge on any atom is 0.352 e. The molecule has 0 amide bonds. The number of aromatic carboxylic acids is 1. The first-order chi connectivity index (χ1) is 8.36. The van der Waals surface area contributed by atoms with Gasteiger partial charge in [0.1, 0.15) is 10.6 Å². The van der Waals surface area contributed by atoms with Crippen LogP contribution in [0.4, 0.5) is 0 Å². The summed E-state index contributed by atoms with van der Waals surface area (Å²) in [6.07, 6.45) is 1.17. The smallest absolute Gasteiger partial charge is 0.352 e. The van der Waals surface area contributed by atoms with Crippen molar-refractivity contribution < 1.29 is 18.3 Å². The second kappa shape index (κ2) is 6.26. The van der Waals surface area contributed by atoms with Gasteiger partial charge in [-0.1, -0.05) is 6.92 Å². The first-order valence-electron chi connectivity index (χ1n) is 5.38. The fraction of sp³-hybridized carbons (Fsp3) is 0.500. The van der Waals surface area contributed by atoms with Gasteiger partial charge >= 0.3 is 5.97 Å². The van der Waals surface area contributed by atoms with Crippen molar-refractivity contribution in [3.05, 3.63) is 18.0 Å². The number of aromatic nitrogens is 1. The zero-order chi connectivity index (χ0) is 13.8. The topological polar surface area (TPSA) is 99.3 Å². The van der Waals surface area contributed by atoms with Crippen LogP contribution >= 0.6 is 11.8 Å². The van der Waals surface area contributed by atoms with E-state index in [4.69, 9.17) is 5.11 Å². The molecule has 0 saturated carbocycles. The molecule has 0 aliphatic rings. The Labute approximate surface area is 110 Å². The molecule has 0 radical (unpaired) electrons. The first kappa shape index (κ1) is 15.1. The Morgan fingerprint density at radius 2 is 2.28 bits per heavy atom. The number of sulfonamides is 1. The molecule has 0 spiro atoms. The minimum atomic E-state index is -3.66. The van der Waals surface area contributed by atoms with E-state index in [0.717, 1.165) is 11.8 Å². The van der Waals surface area contributed by atoms with E-state index in [1.807, 2.05) is 6.92 Å². The highest BCUT2D eigenvalue weighted by atomic mass is 32.2. The third-order valence-corrected chi connectivity index (χ3v) is 4.84. The van der Waals surface area contributed by atoms with Gasteiger partial charge in [-0.15, -0.1) is 0 Å². The van der Waals surface area contributed by atoms with Gasteiger partial charge in [-0.3, -0.25) is 0 Å². The van der Waals surface area contributed by atoms with Crippen LogP contribution in [0.5, 0.6) is 0 Å². The van der Waals surface area contributed by atoms with Gasteiger partial charge in [0.15, 0.2) is 0 Å². The number of rotatable bonds is 7. The van der Waals surface area contributed by atoms with Crippen molar-refractivity contribution in [3.8, 4) is 0 Å². The number of hydrogen-bond acceptors (Lipinski definition) is 4. The molecule has 0 fully saturated rings. The van der Waals surface area contributed by atoms with E-state index in [2.05, 4.69) is 9.71 Å². The Balaban J connectivity index is 2.76. The van der Waals surface area contributed by atoms with E-state index in [0.29, 0.717) is 5.75 Å². The fourth-order valence-electron chi connectivity index (χ4n) is 1.31. The molecule has 6 nitrogen and oxygen atoms in total. The van der Waals surface area contributed by atoms with Crippen LogP contribution in [0.2, 0.25) is 0 Å². The van der Waals surface area contributed by atoms with Crippen LogP contribution in [0.25, 0.3) is 0 Å². The number of aromatic amines is 1. The lowest BCUT2D eigenvalue weighted by Crippen LogP contribution is -2.34. The molecule has 8 heteroatoms. The quantitative estimate of drug-likeness (QED) is 0.699. The lowest BCUT2D eigenvalue weighted by Gasteiger charge is -2.12. The van der Waals surface area contributed by atoms with E-state index in [9.17, 15) is 13.2 Å². The lowest BCUT2D eigenvalue weighted by molar-refractivity contribution is 0.0691. The molecular formula is C10H16N2O4S2. The van der Waals surface area contributed by atoms with Crippen molar-refractivity contribution in [3.63, 3.8) is 0 Å².